The number of esters is 1. The van der Waals surface area contributed by atoms with Crippen LogP contribution in [0.1, 0.15) is 61.3 Å². The number of hydrogen-bond donors (Lipinski definition) is 9. The summed E-state index contributed by atoms with van der Waals surface area (Å²) in [5.41, 5.74) is 0.209. The Labute approximate surface area is 386 Å². The molecule has 9 N–H and O–H groups in total. The van der Waals surface area contributed by atoms with E-state index in [1.165, 1.54) is 78.7 Å². The molecule has 22 heteroatoms. The number of rotatable bonds is 17. The van der Waals surface area contributed by atoms with Crippen LogP contribution in [0, 0.1) is 23.7 Å². The summed E-state index contributed by atoms with van der Waals surface area (Å²) in [7, 11) is 0. The van der Waals surface area contributed by atoms with Gasteiger partial charge in [-0.2, -0.15) is 0 Å². The van der Waals surface area contributed by atoms with E-state index in [0.717, 1.165) is 0 Å². The summed E-state index contributed by atoms with van der Waals surface area (Å²) in [6, 6.07) is 8.73. The van der Waals surface area contributed by atoms with Gasteiger partial charge in [0.2, 0.25) is 17.7 Å². The van der Waals surface area contributed by atoms with Crippen LogP contribution in [0.25, 0.3) is 0 Å². The molecule has 0 aliphatic carbocycles. The topological polar surface area (TPSA) is 311 Å². The third-order valence-corrected chi connectivity index (χ3v) is 15.9. The van der Waals surface area contributed by atoms with Gasteiger partial charge in [-0.05, 0) is 69.0 Å². The van der Waals surface area contributed by atoms with E-state index in [2.05, 4.69) is 26.3 Å². The number of thioether (sulfide) groups is 2. The molecular weight excluding hydrogens is 901 g/mol. The average molecular weight is 951 g/mol. The van der Waals surface area contributed by atoms with Crippen molar-refractivity contribution < 1.29 is 68.6 Å². The van der Waals surface area contributed by atoms with Gasteiger partial charge in [-0.3, -0.25) is 24.2 Å². The molecule has 66 heavy (non-hydrogen) atoms. The highest BCUT2D eigenvalue weighted by atomic mass is 32.2. The lowest BCUT2D eigenvalue weighted by molar-refractivity contribution is -0.163. The number of carboxylic acid groups (broad SMARTS) is 4. The number of anilines is 2. The summed E-state index contributed by atoms with van der Waals surface area (Å²) in [4.78, 5) is 108. The zero-order valence-electron chi connectivity index (χ0n) is 36.1. The lowest BCUT2D eigenvalue weighted by atomic mass is 9.79. The molecule has 352 valence electrons. The largest absolute Gasteiger partial charge is 0.481 e. The minimum absolute atomic E-state index is 0.000756. The molecule has 0 aromatic heterocycles. The van der Waals surface area contributed by atoms with Crippen molar-refractivity contribution in [3.63, 3.8) is 0 Å². The zero-order chi connectivity index (χ0) is 47.9. The van der Waals surface area contributed by atoms with Crippen molar-refractivity contribution in [1.82, 2.24) is 15.5 Å². The van der Waals surface area contributed by atoms with Crippen molar-refractivity contribution in [3.8, 4) is 0 Å². The lowest BCUT2D eigenvalue weighted by Gasteiger charge is -2.46. The Kier molecular flexibility index (Phi) is 14.3. The molecule has 3 fully saturated rings. The number of aliphatic carboxylic acids is 3. The van der Waals surface area contributed by atoms with E-state index in [0.29, 0.717) is 36.5 Å². The number of carboxylic acids is 4. The third kappa shape index (κ3) is 9.68. The van der Waals surface area contributed by atoms with Crippen LogP contribution >= 0.6 is 23.5 Å². The van der Waals surface area contributed by atoms with E-state index >= 15 is 0 Å². The van der Waals surface area contributed by atoms with E-state index in [1.807, 2.05) is 6.92 Å². The minimum Gasteiger partial charge on any atom is -0.481 e. The number of carbonyl (C=O) groups excluding carboxylic acids is 4. The highest BCUT2D eigenvalue weighted by Gasteiger charge is 2.60. The smallest absolute Gasteiger partial charge is 0.353 e. The number of aromatic carboxylic acids is 1. The molecule has 0 radical (unpaired) electrons. The first-order valence-corrected chi connectivity index (χ1v) is 23.1. The number of ether oxygens (including phenoxy) is 1. The molecule has 5 heterocycles. The molecule has 2 aromatic carbocycles. The van der Waals surface area contributed by atoms with E-state index < -0.39 is 107 Å². The predicted molar refractivity (Wildman–Crippen MR) is 240 cm³/mol. The standard InChI is InChI=1S/C44H50N6O14S2/c1-17-31(49-32(42(59)60)35(17)65-25-13-27(45-15-25)37(52)47-23-9-5-7-21(11-23)40(55)56)30(41(57)58)20(4)64-44(63)22-8-6-10-24(12-22)48-38(53)28-14-26(16-46-28)66-36-18(2)33-29(19(3)51)39(54)50(33)34(36)43(61)62/h5-12,17-20,25-31,33,35,45-46,51H,13-16H2,1-4H3,(H,47,52)(H,48,53)(H,55,56)(H,57,58)(H,59,60)(H,61,62)/t17-,18+,19+,20+,25-,26-,27-,28-,29+,30+,31+,33+,35-/m0/s1. The maximum Gasteiger partial charge on any atom is 0.353 e. The van der Waals surface area contributed by atoms with Crippen LogP contribution in [0.5, 0.6) is 0 Å². The Hall–Kier alpha value is -5.81. The van der Waals surface area contributed by atoms with Gasteiger partial charge in [-0.1, -0.05) is 26.0 Å². The van der Waals surface area contributed by atoms with Gasteiger partial charge in [0.25, 0.3) is 0 Å². The molecule has 0 saturated carbocycles. The van der Waals surface area contributed by atoms with Gasteiger partial charge in [0.15, 0.2) is 0 Å². The molecule has 2 aromatic rings. The van der Waals surface area contributed by atoms with Crippen LogP contribution in [-0.4, -0.2) is 149 Å². The Balaban J connectivity index is 0.939. The van der Waals surface area contributed by atoms with Crippen molar-refractivity contribution in [2.45, 2.75) is 92.7 Å². The summed E-state index contributed by atoms with van der Waals surface area (Å²) in [6.45, 7) is 7.08. The lowest BCUT2D eigenvalue weighted by Crippen LogP contribution is -2.63. The van der Waals surface area contributed by atoms with Crippen molar-refractivity contribution in [2.24, 2.45) is 28.7 Å². The highest BCUT2D eigenvalue weighted by Crippen LogP contribution is 2.52. The Bertz CT molecular complexity index is 2410. The summed E-state index contributed by atoms with van der Waals surface area (Å²) in [6.07, 6.45) is -1.60. The fourth-order valence-corrected chi connectivity index (χ4v) is 12.6. The molecule has 0 unspecified atom stereocenters. The van der Waals surface area contributed by atoms with Crippen molar-refractivity contribution >= 4 is 88.2 Å². The van der Waals surface area contributed by atoms with Gasteiger partial charge in [0.05, 0.1) is 52.6 Å². The van der Waals surface area contributed by atoms with Crippen LogP contribution in [0.4, 0.5) is 11.4 Å². The van der Waals surface area contributed by atoms with E-state index in [-0.39, 0.29) is 44.6 Å². The van der Waals surface area contributed by atoms with Crippen LogP contribution in [0.3, 0.4) is 0 Å². The molecule has 7 rings (SSSR count). The number of hydrogen-bond acceptors (Lipinski definition) is 15. The van der Waals surface area contributed by atoms with Gasteiger partial charge in [-0.15, -0.1) is 23.5 Å². The van der Waals surface area contributed by atoms with E-state index in [9.17, 15) is 63.9 Å². The zero-order valence-corrected chi connectivity index (χ0v) is 37.7. The third-order valence-electron chi connectivity index (χ3n) is 12.7. The molecule has 13 atom stereocenters. The predicted octanol–water partition coefficient (Wildman–Crippen LogP) is 2.20. The number of aliphatic hydroxyl groups is 1. The maximum absolute atomic E-state index is 13.5. The Morgan fingerprint density at radius 3 is 1.95 bits per heavy atom. The maximum atomic E-state index is 13.5. The summed E-state index contributed by atoms with van der Waals surface area (Å²) in [5.74, 6) is -10.4. The number of nitrogens with one attached hydrogen (secondary N) is 4. The number of fused-ring (bicyclic) bond motifs is 1. The van der Waals surface area contributed by atoms with Crippen LogP contribution in [-0.2, 0) is 33.5 Å². The minimum atomic E-state index is -1.45. The van der Waals surface area contributed by atoms with Gasteiger partial charge in [0, 0.05) is 45.8 Å². The van der Waals surface area contributed by atoms with Gasteiger partial charge < -0.3 is 56.4 Å². The average Bonchev–Trinajstić information content (AvgIpc) is 4.04. The van der Waals surface area contributed by atoms with E-state index in [4.69, 9.17) is 4.74 Å². The fourth-order valence-electron chi connectivity index (χ4n) is 9.46. The molecule has 0 bridgehead atoms. The first-order chi connectivity index (χ1) is 31.2. The van der Waals surface area contributed by atoms with Crippen LogP contribution in [0.2, 0.25) is 0 Å². The first-order valence-electron chi connectivity index (χ1n) is 21.3. The SMILES string of the molecule is C[C@H]1[C@H]([C@H](C(=O)O)[C@@H](C)OC(=O)c2cccc(NC(=O)[C@@H]3C[C@H](SC4=C(C(=O)O)N5C(=O)[C@H]([C@@H](C)O)[C@H]5[C@H]4C)CN3)c2)N=C(C(=O)O)[C@H]1S[C@@H]1CN[C@H](C(=O)Nc2cccc(C(=O)O)c2)C1. The second-order valence-electron chi connectivity index (χ2n) is 17.2. The fraction of sp³-hybridized carbons (Fsp3) is 0.477. The van der Waals surface area contributed by atoms with Crippen molar-refractivity contribution in [1.29, 1.82) is 0 Å². The number of β-lactam (4-membered cyclic amide) rings is 1. The van der Waals surface area contributed by atoms with Gasteiger partial charge in [-0.25, -0.2) is 19.2 Å². The number of aliphatic imine (C=N–C) groups is 1. The van der Waals surface area contributed by atoms with Crippen LogP contribution < -0.4 is 21.3 Å². The second-order valence-corrected chi connectivity index (χ2v) is 20.0. The molecular formula is C44H50N6O14S2. The normalized spacial score (nSPS) is 29.3. The number of benzene rings is 2. The van der Waals surface area contributed by atoms with Crippen molar-refractivity contribution in [3.05, 3.63) is 70.3 Å². The quantitative estimate of drug-likeness (QED) is 0.0811. The number of amides is 3. The molecule has 5 aliphatic heterocycles. The second kappa shape index (κ2) is 19.6. The molecule has 3 saturated heterocycles. The molecule has 0 spiro atoms. The summed E-state index contributed by atoms with van der Waals surface area (Å²) in [5, 5.41) is 60.5. The number of nitrogens with zero attached hydrogens (tertiary/aromatic N) is 2. The van der Waals surface area contributed by atoms with Gasteiger partial charge >= 0.3 is 29.8 Å². The Morgan fingerprint density at radius 2 is 1.39 bits per heavy atom. The van der Waals surface area contributed by atoms with Crippen molar-refractivity contribution in [2.75, 3.05) is 23.7 Å². The highest BCUT2D eigenvalue weighted by molar-refractivity contribution is 8.03. The van der Waals surface area contributed by atoms with E-state index in [1.54, 1.807) is 19.1 Å². The Morgan fingerprint density at radius 1 is 0.818 bits per heavy atom. The molecule has 3 amide bonds. The van der Waals surface area contributed by atoms with Crippen LogP contribution in [0.15, 0.2) is 64.1 Å². The number of aliphatic hydroxyl groups excluding tert-OH is 1. The number of carbonyl (C=O) groups is 8. The monoisotopic (exact) mass is 950 g/mol. The summed E-state index contributed by atoms with van der Waals surface area (Å²) >= 11 is 2.56. The molecule has 5 aliphatic rings. The van der Waals surface area contributed by atoms with Gasteiger partial charge in [0.1, 0.15) is 23.4 Å². The first kappa shape index (κ1) is 48.1. The molecule has 20 nitrogen and oxygen atoms in total. The summed E-state index contributed by atoms with van der Waals surface area (Å²) < 4.78 is 5.67.